The Morgan fingerprint density at radius 3 is 3.16 bits per heavy atom. The quantitative estimate of drug-likeness (QED) is 0.754. The van der Waals surface area contributed by atoms with Crippen LogP contribution in [0.25, 0.3) is 0 Å². The molecule has 0 spiro atoms. The number of hydrogen-bond donors (Lipinski definition) is 0. The smallest absolute Gasteiger partial charge is 0.236 e. The number of aromatic nitrogens is 2. The second-order valence-electron chi connectivity index (χ2n) is 3.78. The van der Waals surface area contributed by atoms with Gasteiger partial charge < -0.3 is 9.26 Å². The molecule has 0 saturated heterocycles. The van der Waals surface area contributed by atoms with E-state index in [9.17, 15) is 0 Å². The zero-order chi connectivity index (χ0) is 13.5. The van der Waals surface area contributed by atoms with Crippen LogP contribution >= 0.6 is 11.8 Å². The van der Waals surface area contributed by atoms with Crippen molar-refractivity contribution in [2.45, 2.75) is 12.2 Å². The molecule has 1 aromatic heterocycles. The van der Waals surface area contributed by atoms with E-state index in [0.29, 0.717) is 29.6 Å². The molecule has 0 atom stereocenters. The van der Waals surface area contributed by atoms with E-state index in [1.54, 1.807) is 7.11 Å². The molecule has 0 saturated carbocycles. The van der Waals surface area contributed by atoms with Crippen LogP contribution in [-0.4, -0.2) is 23.0 Å². The summed E-state index contributed by atoms with van der Waals surface area (Å²) in [5, 5.41) is 12.4. The number of rotatable bonds is 6. The first-order valence-corrected chi connectivity index (χ1v) is 6.86. The van der Waals surface area contributed by atoms with E-state index in [0.717, 1.165) is 11.3 Å². The van der Waals surface area contributed by atoms with Crippen LogP contribution in [0, 0.1) is 11.3 Å². The van der Waals surface area contributed by atoms with Gasteiger partial charge in [0.25, 0.3) is 0 Å². The summed E-state index contributed by atoms with van der Waals surface area (Å²) in [7, 11) is 1.64. The summed E-state index contributed by atoms with van der Waals surface area (Å²) < 4.78 is 10.3. The first-order chi connectivity index (χ1) is 9.31. The fourth-order valence-corrected chi connectivity index (χ4v) is 2.05. The van der Waals surface area contributed by atoms with Crippen LogP contribution in [0.5, 0.6) is 5.75 Å². The summed E-state index contributed by atoms with van der Waals surface area (Å²) in [5.74, 6) is 3.00. The van der Waals surface area contributed by atoms with Crippen molar-refractivity contribution in [1.29, 1.82) is 5.26 Å². The van der Waals surface area contributed by atoms with E-state index < -0.39 is 0 Å². The highest BCUT2D eigenvalue weighted by atomic mass is 32.2. The van der Waals surface area contributed by atoms with Gasteiger partial charge >= 0.3 is 0 Å². The molecule has 2 aromatic rings. The maximum atomic E-state index is 8.44. The predicted octanol–water partition coefficient (Wildman–Crippen LogP) is 2.43. The molecule has 2 rings (SSSR count). The van der Waals surface area contributed by atoms with Gasteiger partial charge in [0.05, 0.1) is 24.7 Å². The summed E-state index contributed by atoms with van der Waals surface area (Å²) in [4.78, 5) is 4.28. The van der Waals surface area contributed by atoms with E-state index in [1.165, 1.54) is 11.8 Å². The molecule has 0 radical (unpaired) electrons. The Morgan fingerprint density at radius 2 is 2.37 bits per heavy atom. The molecule has 0 aliphatic heterocycles. The average Bonchev–Trinajstić information content (AvgIpc) is 2.87. The predicted molar refractivity (Wildman–Crippen MR) is 71.9 cm³/mol. The van der Waals surface area contributed by atoms with Gasteiger partial charge in [-0.3, -0.25) is 0 Å². The van der Waals surface area contributed by atoms with Crippen molar-refractivity contribution < 1.29 is 9.26 Å². The van der Waals surface area contributed by atoms with Gasteiger partial charge in [-0.05, 0) is 17.7 Å². The number of nitriles is 1. The Hall–Kier alpha value is -2.00. The molecule has 6 heteroatoms. The highest BCUT2D eigenvalue weighted by Gasteiger charge is 2.07. The summed E-state index contributed by atoms with van der Waals surface area (Å²) in [6.07, 6.45) is 0.601. The van der Waals surface area contributed by atoms with Crippen LogP contribution < -0.4 is 4.74 Å². The van der Waals surface area contributed by atoms with Gasteiger partial charge in [0, 0.05) is 6.42 Å². The molecule has 0 fully saturated rings. The SMILES string of the molecule is COc1cccc(Cc2noc(CSCC#N)n2)c1. The van der Waals surface area contributed by atoms with E-state index >= 15 is 0 Å². The third kappa shape index (κ3) is 4.00. The maximum Gasteiger partial charge on any atom is 0.236 e. The van der Waals surface area contributed by atoms with Gasteiger partial charge in [0.15, 0.2) is 5.82 Å². The lowest BCUT2D eigenvalue weighted by Gasteiger charge is -2.01. The number of benzene rings is 1. The topological polar surface area (TPSA) is 71.9 Å². The van der Waals surface area contributed by atoms with E-state index in [4.69, 9.17) is 14.5 Å². The lowest BCUT2D eigenvalue weighted by atomic mass is 10.1. The van der Waals surface area contributed by atoms with Crippen molar-refractivity contribution in [3.63, 3.8) is 0 Å². The van der Waals surface area contributed by atoms with Crippen molar-refractivity contribution in [2.24, 2.45) is 0 Å². The standard InChI is InChI=1S/C13H13N3O2S/c1-17-11-4-2-3-10(7-11)8-12-15-13(18-16-12)9-19-6-5-14/h2-4,7H,6,8-9H2,1H3. The fourth-order valence-electron chi connectivity index (χ4n) is 1.57. The number of ether oxygens (including phenoxy) is 1. The molecule has 0 aliphatic carbocycles. The van der Waals surface area contributed by atoms with Crippen molar-refractivity contribution in [1.82, 2.24) is 10.1 Å². The maximum absolute atomic E-state index is 8.44. The van der Waals surface area contributed by atoms with Crippen LogP contribution in [0.3, 0.4) is 0 Å². The van der Waals surface area contributed by atoms with Crippen LogP contribution in [0.1, 0.15) is 17.3 Å². The van der Waals surface area contributed by atoms with E-state index in [1.807, 2.05) is 24.3 Å². The van der Waals surface area contributed by atoms with Crippen molar-refractivity contribution >= 4 is 11.8 Å². The fraction of sp³-hybridized carbons (Fsp3) is 0.308. The Balaban J connectivity index is 1.97. The van der Waals surface area contributed by atoms with E-state index in [-0.39, 0.29) is 0 Å². The third-order valence-electron chi connectivity index (χ3n) is 2.40. The molecular formula is C13H13N3O2S. The molecule has 0 bridgehead atoms. The van der Waals surface area contributed by atoms with Gasteiger partial charge in [-0.2, -0.15) is 10.2 Å². The lowest BCUT2D eigenvalue weighted by molar-refractivity contribution is 0.385. The van der Waals surface area contributed by atoms with E-state index in [2.05, 4.69) is 16.2 Å². The number of thioether (sulfide) groups is 1. The summed E-state index contributed by atoms with van der Waals surface area (Å²) in [6.45, 7) is 0. The van der Waals surface area contributed by atoms with Gasteiger partial charge in [0.1, 0.15) is 5.75 Å². The van der Waals surface area contributed by atoms with Crippen molar-refractivity contribution in [3.05, 3.63) is 41.5 Å². The zero-order valence-corrected chi connectivity index (χ0v) is 11.3. The number of methoxy groups -OCH3 is 1. The summed E-state index contributed by atoms with van der Waals surface area (Å²) >= 11 is 1.45. The van der Waals surface area contributed by atoms with Crippen LogP contribution in [0.4, 0.5) is 0 Å². The molecule has 98 valence electrons. The highest BCUT2D eigenvalue weighted by Crippen LogP contribution is 2.16. The van der Waals surface area contributed by atoms with Crippen LogP contribution in [0.15, 0.2) is 28.8 Å². The zero-order valence-electron chi connectivity index (χ0n) is 10.5. The minimum Gasteiger partial charge on any atom is -0.497 e. The normalized spacial score (nSPS) is 10.1. The molecule has 0 unspecified atom stereocenters. The monoisotopic (exact) mass is 275 g/mol. The first kappa shape index (κ1) is 13.4. The molecule has 0 aliphatic rings. The van der Waals surface area contributed by atoms with Crippen molar-refractivity contribution in [2.75, 3.05) is 12.9 Å². The minimum absolute atomic E-state index is 0.424. The van der Waals surface area contributed by atoms with Crippen molar-refractivity contribution in [3.8, 4) is 11.8 Å². The van der Waals surface area contributed by atoms with Crippen LogP contribution in [0.2, 0.25) is 0 Å². The van der Waals surface area contributed by atoms with Gasteiger partial charge in [-0.15, -0.1) is 11.8 Å². The molecule has 5 nitrogen and oxygen atoms in total. The Labute approximate surface area is 115 Å². The van der Waals surface area contributed by atoms with Gasteiger partial charge in [-0.1, -0.05) is 17.3 Å². The summed E-state index contributed by atoms with van der Waals surface area (Å²) in [5.41, 5.74) is 1.07. The lowest BCUT2D eigenvalue weighted by Crippen LogP contribution is -1.92. The van der Waals surface area contributed by atoms with Gasteiger partial charge in [-0.25, -0.2) is 0 Å². The third-order valence-corrected chi connectivity index (χ3v) is 3.18. The minimum atomic E-state index is 0.424. The molecule has 19 heavy (non-hydrogen) atoms. The highest BCUT2D eigenvalue weighted by molar-refractivity contribution is 7.98. The first-order valence-electron chi connectivity index (χ1n) is 5.71. The molecule has 1 aromatic carbocycles. The molecule has 1 heterocycles. The Morgan fingerprint density at radius 1 is 1.47 bits per heavy atom. The molecular weight excluding hydrogens is 262 g/mol. The Kier molecular flexibility index (Phi) is 4.81. The van der Waals surface area contributed by atoms with Gasteiger partial charge in [0.2, 0.25) is 5.89 Å². The average molecular weight is 275 g/mol. The largest absolute Gasteiger partial charge is 0.497 e. The Bertz CT molecular complexity index is 577. The van der Waals surface area contributed by atoms with Crippen LogP contribution in [-0.2, 0) is 12.2 Å². The second kappa shape index (κ2) is 6.81. The number of hydrogen-bond acceptors (Lipinski definition) is 6. The molecule has 0 amide bonds. The second-order valence-corrected chi connectivity index (χ2v) is 4.77. The molecule has 0 N–H and O–H groups in total. The number of nitrogens with zero attached hydrogens (tertiary/aromatic N) is 3. The summed E-state index contributed by atoms with van der Waals surface area (Å²) in [6, 6.07) is 9.81.